The topological polar surface area (TPSA) is 58.6 Å². The van der Waals surface area contributed by atoms with Gasteiger partial charge in [-0.25, -0.2) is 0 Å². The molecule has 1 aliphatic heterocycles. The molecule has 0 spiro atoms. The average Bonchev–Trinajstić information content (AvgIpc) is 3.21. The monoisotopic (exact) mass is 436 g/mol. The minimum Gasteiger partial charge on any atom is -0.457 e. The molecule has 0 radical (unpaired) electrons. The standard InChI is InChI=1S/C28H24N2O3/c31-27-17-22(19-30(27)18-20-7-2-1-3-8-20)28(32)29-23-13-15-24(16-14-23)33-26-12-6-10-21-9-4-5-11-25(21)26/h1-16,22H,17-19H2,(H,29,32)/t22-/m1/s1. The molecule has 0 aliphatic carbocycles. The maximum Gasteiger partial charge on any atom is 0.229 e. The van der Waals surface area contributed by atoms with Gasteiger partial charge in [0.05, 0.1) is 5.92 Å². The van der Waals surface area contributed by atoms with Gasteiger partial charge >= 0.3 is 0 Å². The molecule has 33 heavy (non-hydrogen) atoms. The van der Waals surface area contributed by atoms with Crippen molar-refractivity contribution in [3.63, 3.8) is 0 Å². The second-order valence-corrected chi connectivity index (χ2v) is 8.25. The zero-order chi connectivity index (χ0) is 22.6. The third-order valence-corrected chi connectivity index (χ3v) is 5.90. The average molecular weight is 437 g/mol. The van der Waals surface area contributed by atoms with E-state index in [0.717, 1.165) is 22.1 Å². The van der Waals surface area contributed by atoms with Crippen LogP contribution in [0.15, 0.2) is 97.1 Å². The zero-order valence-electron chi connectivity index (χ0n) is 18.1. The van der Waals surface area contributed by atoms with Crippen molar-refractivity contribution in [2.24, 2.45) is 5.92 Å². The summed E-state index contributed by atoms with van der Waals surface area (Å²) in [6.45, 7) is 0.964. The Labute approximate surface area is 192 Å². The Bertz CT molecular complexity index is 1280. The van der Waals surface area contributed by atoms with Crippen LogP contribution in [0.25, 0.3) is 10.8 Å². The van der Waals surface area contributed by atoms with E-state index < -0.39 is 0 Å². The molecule has 1 heterocycles. The Balaban J connectivity index is 1.20. The van der Waals surface area contributed by atoms with Gasteiger partial charge in [-0.15, -0.1) is 0 Å². The molecule has 1 fully saturated rings. The van der Waals surface area contributed by atoms with Gasteiger partial charge in [-0.3, -0.25) is 9.59 Å². The van der Waals surface area contributed by atoms with E-state index in [2.05, 4.69) is 17.4 Å². The molecule has 0 unspecified atom stereocenters. The van der Waals surface area contributed by atoms with Crippen molar-refractivity contribution in [1.82, 2.24) is 4.90 Å². The molecule has 5 nitrogen and oxygen atoms in total. The molecular formula is C28H24N2O3. The van der Waals surface area contributed by atoms with Gasteiger partial charge < -0.3 is 15.0 Å². The molecule has 0 bridgehead atoms. The number of nitrogens with one attached hydrogen (secondary N) is 1. The number of hydrogen-bond acceptors (Lipinski definition) is 3. The summed E-state index contributed by atoms with van der Waals surface area (Å²) >= 11 is 0. The van der Waals surface area contributed by atoms with Gasteiger partial charge in [0.1, 0.15) is 11.5 Å². The Hall–Kier alpha value is -4.12. The number of anilines is 1. The van der Waals surface area contributed by atoms with Crippen LogP contribution >= 0.6 is 0 Å². The number of nitrogens with zero attached hydrogens (tertiary/aromatic N) is 1. The van der Waals surface area contributed by atoms with Gasteiger partial charge in [0.25, 0.3) is 0 Å². The minimum absolute atomic E-state index is 0.0119. The van der Waals surface area contributed by atoms with Crippen LogP contribution in [-0.2, 0) is 16.1 Å². The van der Waals surface area contributed by atoms with Crippen molar-refractivity contribution in [2.75, 3.05) is 11.9 Å². The van der Waals surface area contributed by atoms with E-state index in [9.17, 15) is 9.59 Å². The number of amides is 2. The smallest absolute Gasteiger partial charge is 0.229 e. The number of fused-ring (bicyclic) bond motifs is 1. The van der Waals surface area contributed by atoms with Crippen LogP contribution in [0.1, 0.15) is 12.0 Å². The summed E-state index contributed by atoms with van der Waals surface area (Å²) in [7, 11) is 0. The highest BCUT2D eigenvalue weighted by atomic mass is 16.5. The predicted molar refractivity (Wildman–Crippen MR) is 129 cm³/mol. The molecule has 164 valence electrons. The Kier molecular flexibility index (Phi) is 5.77. The second kappa shape index (κ2) is 9.17. The van der Waals surface area contributed by atoms with Gasteiger partial charge in [0, 0.05) is 30.6 Å². The molecule has 0 saturated carbocycles. The molecule has 1 saturated heterocycles. The lowest BCUT2D eigenvalue weighted by atomic mass is 10.1. The fraction of sp³-hybridized carbons (Fsp3) is 0.143. The van der Waals surface area contributed by atoms with E-state index in [1.165, 1.54) is 0 Å². The van der Waals surface area contributed by atoms with E-state index in [4.69, 9.17) is 4.74 Å². The summed E-state index contributed by atoms with van der Waals surface area (Å²) in [6, 6.07) is 31.2. The first-order valence-corrected chi connectivity index (χ1v) is 11.0. The quantitative estimate of drug-likeness (QED) is 0.427. The Morgan fingerprint density at radius 1 is 0.879 bits per heavy atom. The SMILES string of the molecule is O=C(Nc1ccc(Oc2cccc3ccccc23)cc1)[C@@H]1CC(=O)N(Cc2ccccc2)C1. The summed E-state index contributed by atoms with van der Waals surface area (Å²) in [5, 5.41) is 5.10. The van der Waals surface area contributed by atoms with Crippen molar-refractivity contribution in [3.05, 3.63) is 103 Å². The van der Waals surface area contributed by atoms with Gasteiger partial charge in [-0.2, -0.15) is 0 Å². The number of rotatable bonds is 6. The summed E-state index contributed by atoms with van der Waals surface area (Å²) in [4.78, 5) is 26.9. The lowest BCUT2D eigenvalue weighted by molar-refractivity contribution is -0.128. The summed E-state index contributed by atoms with van der Waals surface area (Å²) in [5.74, 6) is 0.995. The van der Waals surface area contributed by atoms with Crippen molar-refractivity contribution in [1.29, 1.82) is 0 Å². The third-order valence-electron chi connectivity index (χ3n) is 5.90. The molecule has 1 aliphatic rings. The van der Waals surface area contributed by atoms with Crippen LogP contribution in [-0.4, -0.2) is 23.3 Å². The molecule has 4 aromatic carbocycles. The predicted octanol–water partition coefficient (Wildman–Crippen LogP) is 5.62. The highest BCUT2D eigenvalue weighted by Gasteiger charge is 2.34. The highest BCUT2D eigenvalue weighted by molar-refractivity contribution is 5.97. The van der Waals surface area contributed by atoms with Gasteiger partial charge in [0.2, 0.25) is 11.8 Å². The van der Waals surface area contributed by atoms with Crippen LogP contribution in [0.3, 0.4) is 0 Å². The molecule has 1 atom stereocenters. The lowest BCUT2D eigenvalue weighted by Crippen LogP contribution is -2.28. The first-order valence-electron chi connectivity index (χ1n) is 11.0. The summed E-state index contributed by atoms with van der Waals surface area (Å²) in [5.41, 5.74) is 1.74. The van der Waals surface area contributed by atoms with Crippen molar-refractivity contribution >= 4 is 28.3 Å². The van der Waals surface area contributed by atoms with Gasteiger partial charge in [-0.1, -0.05) is 66.7 Å². The number of likely N-dealkylation sites (tertiary alicyclic amines) is 1. The number of hydrogen-bond donors (Lipinski definition) is 1. The highest BCUT2D eigenvalue weighted by Crippen LogP contribution is 2.30. The van der Waals surface area contributed by atoms with Crippen molar-refractivity contribution in [2.45, 2.75) is 13.0 Å². The fourth-order valence-corrected chi connectivity index (χ4v) is 4.17. The lowest BCUT2D eigenvalue weighted by Gasteiger charge is -2.16. The zero-order valence-corrected chi connectivity index (χ0v) is 18.1. The molecular weight excluding hydrogens is 412 g/mol. The molecule has 5 heteroatoms. The number of benzene rings is 4. The first-order chi connectivity index (χ1) is 16.2. The van der Waals surface area contributed by atoms with Crippen LogP contribution in [0, 0.1) is 5.92 Å². The third kappa shape index (κ3) is 4.72. The van der Waals surface area contributed by atoms with Crippen LogP contribution in [0.4, 0.5) is 5.69 Å². The second-order valence-electron chi connectivity index (χ2n) is 8.25. The molecule has 0 aromatic heterocycles. The number of ether oxygens (including phenoxy) is 1. The Morgan fingerprint density at radius 3 is 2.42 bits per heavy atom. The number of carbonyl (C=O) groups excluding carboxylic acids is 2. The van der Waals surface area contributed by atoms with E-state index in [-0.39, 0.29) is 24.2 Å². The molecule has 2 amide bonds. The van der Waals surface area contributed by atoms with E-state index in [0.29, 0.717) is 24.5 Å². The molecule has 1 N–H and O–H groups in total. The van der Waals surface area contributed by atoms with Crippen molar-refractivity contribution in [3.8, 4) is 11.5 Å². The van der Waals surface area contributed by atoms with E-state index in [1.807, 2.05) is 84.9 Å². The molecule has 4 aromatic rings. The minimum atomic E-state index is -0.354. The van der Waals surface area contributed by atoms with E-state index in [1.54, 1.807) is 4.90 Å². The fourth-order valence-electron chi connectivity index (χ4n) is 4.17. The number of carbonyl (C=O) groups is 2. The maximum atomic E-state index is 12.8. The van der Waals surface area contributed by atoms with Gasteiger partial charge in [0.15, 0.2) is 0 Å². The first kappa shape index (κ1) is 20.8. The normalized spacial score (nSPS) is 15.6. The largest absolute Gasteiger partial charge is 0.457 e. The summed E-state index contributed by atoms with van der Waals surface area (Å²) < 4.78 is 6.07. The van der Waals surface area contributed by atoms with Crippen LogP contribution < -0.4 is 10.1 Å². The van der Waals surface area contributed by atoms with Crippen molar-refractivity contribution < 1.29 is 14.3 Å². The molecule has 5 rings (SSSR count). The van der Waals surface area contributed by atoms with Crippen LogP contribution in [0.5, 0.6) is 11.5 Å². The van der Waals surface area contributed by atoms with Gasteiger partial charge in [-0.05, 0) is 41.3 Å². The maximum absolute atomic E-state index is 12.8. The summed E-state index contributed by atoms with van der Waals surface area (Å²) in [6.07, 6.45) is 0.237. The Morgan fingerprint density at radius 2 is 1.61 bits per heavy atom. The van der Waals surface area contributed by atoms with Crippen LogP contribution in [0.2, 0.25) is 0 Å². The van der Waals surface area contributed by atoms with E-state index >= 15 is 0 Å².